The van der Waals surface area contributed by atoms with Gasteiger partial charge in [-0.1, -0.05) is 12.1 Å². The number of ether oxygens (including phenoxy) is 1. The quantitative estimate of drug-likeness (QED) is 0.912. The minimum Gasteiger partial charge on any atom is -0.497 e. The summed E-state index contributed by atoms with van der Waals surface area (Å²) in [6.45, 7) is 2.34. The first-order valence-electron chi connectivity index (χ1n) is 7.98. The molecule has 2 amide bonds. The molecule has 0 spiro atoms. The van der Waals surface area contributed by atoms with E-state index in [1.165, 1.54) is 11.8 Å². The number of hydrogen-bond acceptors (Lipinski definition) is 4. The first-order valence-corrected chi connectivity index (χ1v) is 8.86. The molecule has 0 fully saturated rings. The fraction of sp³-hybridized carbons (Fsp3) is 0.263. The number of carbonyl (C=O) groups is 2. The molecule has 2 aromatic rings. The summed E-state index contributed by atoms with van der Waals surface area (Å²) in [7, 11) is 3.38. The van der Waals surface area contributed by atoms with E-state index in [1.807, 2.05) is 37.3 Å². The predicted octanol–water partition coefficient (Wildman–Crippen LogP) is 3.40. The lowest BCUT2D eigenvalue weighted by atomic mass is 10.1. The van der Waals surface area contributed by atoms with Gasteiger partial charge >= 0.3 is 0 Å². The van der Waals surface area contributed by atoms with Gasteiger partial charge < -0.3 is 15.0 Å². The summed E-state index contributed by atoms with van der Waals surface area (Å²) in [5, 5.41) is 2.74. The Kier molecular flexibility index (Phi) is 4.99. The van der Waals surface area contributed by atoms with Gasteiger partial charge in [0.15, 0.2) is 0 Å². The molecule has 0 bridgehead atoms. The molecule has 5 nitrogen and oxygen atoms in total. The second-order valence-electron chi connectivity index (χ2n) is 5.97. The zero-order valence-electron chi connectivity index (χ0n) is 14.4. The molecule has 0 aromatic heterocycles. The molecule has 0 saturated carbocycles. The van der Waals surface area contributed by atoms with Crippen molar-refractivity contribution in [3.63, 3.8) is 0 Å². The molecule has 130 valence electrons. The van der Waals surface area contributed by atoms with Crippen LogP contribution in [0.15, 0.2) is 47.4 Å². The summed E-state index contributed by atoms with van der Waals surface area (Å²) in [5.74, 6) is 0.635. The lowest BCUT2D eigenvalue weighted by molar-refractivity contribution is -0.115. The van der Waals surface area contributed by atoms with E-state index in [2.05, 4.69) is 5.32 Å². The third-order valence-corrected chi connectivity index (χ3v) is 5.24. The molecule has 3 rings (SSSR count). The fourth-order valence-electron chi connectivity index (χ4n) is 2.68. The summed E-state index contributed by atoms with van der Waals surface area (Å²) in [4.78, 5) is 27.2. The van der Waals surface area contributed by atoms with Crippen LogP contribution in [0.2, 0.25) is 0 Å². The molecule has 0 saturated heterocycles. The molecular weight excluding hydrogens is 336 g/mol. The van der Waals surface area contributed by atoms with E-state index >= 15 is 0 Å². The second-order valence-corrected chi connectivity index (χ2v) is 7.36. The molecule has 25 heavy (non-hydrogen) atoms. The van der Waals surface area contributed by atoms with Crippen LogP contribution in [-0.2, 0) is 11.3 Å². The van der Waals surface area contributed by atoms with Crippen molar-refractivity contribution < 1.29 is 14.3 Å². The van der Waals surface area contributed by atoms with Crippen molar-refractivity contribution in [2.24, 2.45) is 0 Å². The van der Waals surface area contributed by atoms with E-state index in [-0.39, 0.29) is 17.1 Å². The maximum atomic E-state index is 12.7. The maximum absolute atomic E-state index is 12.7. The molecule has 1 heterocycles. The predicted molar refractivity (Wildman–Crippen MR) is 99.2 cm³/mol. The molecule has 0 radical (unpaired) electrons. The largest absolute Gasteiger partial charge is 0.497 e. The van der Waals surface area contributed by atoms with Crippen LogP contribution in [0, 0.1) is 0 Å². The Balaban J connectivity index is 1.76. The average molecular weight is 356 g/mol. The summed E-state index contributed by atoms with van der Waals surface area (Å²) in [6, 6.07) is 13.1. The molecule has 1 aliphatic heterocycles. The normalized spacial score (nSPS) is 16.0. The monoisotopic (exact) mass is 356 g/mol. The Morgan fingerprint density at radius 2 is 2.08 bits per heavy atom. The third-order valence-electron chi connectivity index (χ3n) is 4.06. The number of rotatable bonds is 4. The lowest BCUT2D eigenvalue weighted by Gasteiger charge is -2.23. The number of methoxy groups -OCH3 is 1. The van der Waals surface area contributed by atoms with Crippen LogP contribution in [0.4, 0.5) is 5.69 Å². The first-order chi connectivity index (χ1) is 12.0. The highest BCUT2D eigenvalue weighted by Gasteiger charge is 2.24. The summed E-state index contributed by atoms with van der Waals surface area (Å²) < 4.78 is 5.22. The zero-order valence-corrected chi connectivity index (χ0v) is 15.2. The second kappa shape index (κ2) is 7.19. The minimum absolute atomic E-state index is 0.0353. The van der Waals surface area contributed by atoms with E-state index in [1.54, 1.807) is 31.2 Å². The molecule has 1 aliphatic rings. The number of amides is 2. The van der Waals surface area contributed by atoms with Gasteiger partial charge in [0.1, 0.15) is 5.75 Å². The number of thioether (sulfide) groups is 1. The van der Waals surface area contributed by atoms with Crippen molar-refractivity contribution in [3.8, 4) is 5.75 Å². The Hall–Kier alpha value is -2.47. The van der Waals surface area contributed by atoms with E-state index in [0.29, 0.717) is 17.8 Å². The summed E-state index contributed by atoms with van der Waals surface area (Å²) >= 11 is 1.50. The van der Waals surface area contributed by atoms with Crippen molar-refractivity contribution in [3.05, 3.63) is 53.6 Å². The zero-order chi connectivity index (χ0) is 18.0. The highest BCUT2D eigenvalue weighted by Crippen LogP contribution is 2.36. The van der Waals surface area contributed by atoms with Gasteiger partial charge in [-0.15, -0.1) is 11.8 Å². The highest BCUT2D eigenvalue weighted by molar-refractivity contribution is 8.00. The van der Waals surface area contributed by atoms with Crippen LogP contribution in [0.1, 0.15) is 22.8 Å². The van der Waals surface area contributed by atoms with Crippen LogP contribution >= 0.6 is 11.8 Å². The summed E-state index contributed by atoms with van der Waals surface area (Å²) in [6.07, 6.45) is 0. The van der Waals surface area contributed by atoms with Crippen molar-refractivity contribution in [1.82, 2.24) is 4.90 Å². The first kappa shape index (κ1) is 17.4. The lowest BCUT2D eigenvalue weighted by Crippen LogP contribution is -2.28. The van der Waals surface area contributed by atoms with Crippen molar-refractivity contribution in [2.45, 2.75) is 23.6 Å². The van der Waals surface area contributed by atoms with Crippen LogP contribution < -0.4 is 10.1 Å². The minimum atomic E-state index is -0.121. The van der Waals surface area contributed by atoms with Crippen LogP contribution in [0.5, 0.6) is 5.75 Å². The van der Waals surface area contributed by atoms with Crippen LogP contribution in [0.25, 0.3) is 0 Å². The highest BCUT2D eigenvalue weighted by atomic mass is 32.2. The van der Waals surface area contributed by atoms with Gasteiger partial charge in [-0.25, -0.2) is 0 Å². The van der Waals surface area contributed by atoms with Crippen LogP contribution in [0.3, 0.4) is 0 Å². The van der Waals surface area contributed by atoms with Crippen molar-refractivity contribution >= 4 is 29.3 Å². The fourth-order valence-corrected chi connectivity index (χ4v) is 3.61. The standard InChI is InChI=1S/C19H20N2O3S/c1-12-18(22)20-16-10-14(7-8-17(16)25-12)19(23)21(2)11-13-5-4-6-15(9-13)24-3/h4-10,12H,11H2,1-3H3,(H,20,22)/t12-/m0/s1. The Labute approximate surface area is 151 Å². The number of nitrogens with zero attached hydrogens (tertiary/aromatic N) is 1. The molecule has 0 unspecified atom stereocenters. The topological polar surface area (TPSA) is 58.6 Å². The van der Waals surface area contributed by atoms with Gasteiger partial charge in [0.05, 0.1) is 18.0 Å². The number of hydrogen-bond donors (Lipinski definition) is 1. The molecule has 6 heteroatoms. The van der Waals surface area contributed by atoms with E-state index in [0.717, 1.165) is 16.2 Å². The molecule has 0 aliphatic carbocycles. The summed E-state index contributed by atoms with van der Waals surface area (Å²) in [5.41, 5.74) is 2.25. The van der Waals surface area contributed by atoms with E-state index < -0.39 is 0 Å². The molecular formula is C19H20N2O3S. The number of benzene rings is 2. The van der Waals surface area contributed by atoms with Gasteiger partial charge in [-0.3, -0.25) is 9.59 Å². The van der Waals surface area contributed by atoms with Gasteiger partial charge in [0.25, 0.3) is 5.91 Å². The number of nitrogens with one attached hydrogen (secondary N) is 1. The van der Waals surface area contributed by atoms with Gasteiger partial charge in [0.2, 0.25) is 5.91 Å². The van der Waals surface area contributed by atoms with Crippen molar-refractivity contribution in [2.75, 3.05) is 19.5 Å². The Morgan fingerprint density at radius 3 is 2.84 bits per heavy atom. The molecule has 2 aromatic carbocycles. The SMILES string of the molecule is COc1cccc(CN(C)C(=O)c2ccc3c(c2)NC(=O)[C@H](C)S3)c1. The molecule has 1 N–H and O–H groups in total. The van der Waals surface area contributed by atoms with Gasteiger partial charge in [0, 0.05) is 24.1 Å². The number of carbonyl (C=O) groups excluding carboxylic acids is 2. The molecule has 1 atom stereocenters. The van der Waals surface area contributed by atoms with Crippen LogP contribution in [-0.4, -0.2) is 36.1 Å². The van der Waals surface area contributed by atoms with Gasteiger partial charge in [-0.05, 0) is 42.8 Å². The van der Waals surface area contributed by atoms with Gasteiger partial charge in [-0.2, -0.15) is 0 Å². The average Bonchev–Trinajstić information content (AvgIpc) is 2.61. The Bertz CT molecular complexity index is 822. The van der Waals surface area contributed by atoms with Crippen molar-refractivity contribution in [1.29, 1.82) is 0 Å². The van der Waals surface area contributed by atoms with E-state index in [4.69, 9.17) is 4.74 Å². The smallest absolute Gasteiger partial charge is 0.253 e. The van der Waals surface area contributed by atoms with E-state index in [9.17, 15) is 9.59 Å². The third kappa shape index (κ3) is 3.79. The number of anilines is 1. The number of fused-ring (bicyclic) bond motifs is 1. The Morgan fingerprint density at radius 1 is 1.28 bits per heavy atom. The maximum Gasteiger partial charge on any atom is 0.253 e.